The van der Waals surface area contributed by atoms with Gasteiger partial charge in [0.1, 0.15) is 6.61 Å². The summed E-state index contributed by atoms with van der Waals surface area (Å²) in [4.78, 5) is 24.3. The van der Waals surface area contributed by atoms with Crippen LogP contribution in [-0.4, -0.2) is 32.8 Å². The molecule has 1 aliphatic rings. The zero-order chi connectivity index (χ0) is 13.6. The fraction of sp³-hybridized carbons (Fsp3) is 0.600. The van der Waals surface area contributed by atoms with Crippen LogP contribution in [-0.2, 0) is 4.74 Å². The third-order valence-corrected chi connectivity index (χ3v) is 2.79. The van der Waals surface area contributed by atoms with Crippen LogP contribution in [0.5, 0.6) is 0 Å². The standard InChI is InChI=1S/C10H12F2N2O4/c1-9(11)4-10(12,5-15)18-7(9)14-3-2-6(16)13-8(14)17/h2-3,7,15H,4-5H2,1H3,(H,13,16,17). The minimum absolute atomic E-state index is 0.650. The van der Waals surface area contributed by atoms with E-state index in [2.05, 4.69) is 0 Å². The maximum absolute atomic E-state index is 14.2. The van der Waals surface area contributed by atoms with Gasteiger partial charge in [-0.3, -0.25) is 14.3 Å². The van der Waals surface area contributed by atoms with Crippen molar-refractivity contribution >= 4 is 0 Å². The summed E-state index contributed by atoms with van der Waals surface area (Å²) in [5, 5.41) is 8.82. The Kier molecular flexibility index (Phi) is 2.86. The van der Waals surface area contributed by atoms with Gasteiger partial charge in [-0.15, -0.1) is 0 Å². The number of ether oxygens (including phenoxy) is 1. The van der Waals surface area contributed by atoms with Crippen molar-refractivity contribution in [2.45, 2.75) is 31.1 Å². The van der Waals surface area contributed by atoms with Crippen LogP contribution in [0, 0.1) is 0 Å². The molecule has 3 unspecified atom stereocenters. The highest BCUT2D eigenvalue weighted by atomic mass is 19.2. The van der Waals surface area contributed by atoms with Crippen molar-refractivity contribution in [3.8, 4) is 0 Å². The predicted octanol–water partition coefficient (Wildman–Crippen LogP) is -0.158. The van der Waals surface area contributed by atoms with Crippen molar-refractivity contribution in [1.82, 2.24) is 9.55 Å². The van der Waals surface area contributed by atoms with Gasteiger partial charge in [0.2, 0.25) is 5.85 Å². The molecule has 0 amide bonds. The number of nitrogens with one attached hydrogen (secondary N) is 1. The van der Waals surface area contributed by atoms with Crippen LogP contribution in [0.1, 0.15) is 19.6 Å². The predicted molar refractivity (Wildman–Crippen MR) is 56.5 cm³/mol. The van der Waals surface area contributed by atoms with E-state index in [0.29, 0.717) is 0 Å². The number of nitrogens with zero attached hydrogens (tertiary/aromatic N) is 1. The highest BCUT2D eigenvalue weighted by Gasteiger charge is 2.56. The van der Waals surface area contributed by atoms with E-state index < -0.39 is 42.0 Å². The fourth-order valence-electron chi connectivity index (χ4n) is 2.02. The summed E-state index contributed by atoms with van der Waals surface area (Å²) in [5.41, 5.74) is -3.73. The Hall–Kier alpha value is -1.54. The van der Waals surface area contributed by atoms with Crippen molar-refractivity contribution in [3.05, 3.63) is 33.1 Å². The summed E-state index contributed by atoms with van der Waals surface area (Å²) in [6.45, 7) is 0.0489. The second-order valence-electron chi connectivity index (χ2n) is 4.48. The average molecular weight is 262 g/mol. The van der Waals surface area contributed by atoms with Crippen molar-refractivity contribution in [3.63, 3.8) is 0 Å². The Morgan fingerprint density at radius 2 is 2.28 bits per heavy atom. The SMILES string of the molecule is CC1(F)CC(F)(CO)OC1n1ccc(=O)[nH]c1=O. The lowest BCUT2D eigenvalue weighted by Crippen LogP contribution is -2.38. The Morgan fingerprint density at radius 3 is 2.78 bits per heavy atom. The first-order valence-electron chi connectivity index (χ1n) is 5.25. The zero-order valence-corrected chi connectivity index (χ0v) is 9.52. The van der Waals surface area contributed by atoms with Crippen LogP contribution in [0.15, 0.2) is 21.9 Å². The van der Waals surface area contributed by atoms with E-state index in [1.54, 1.807) is 0 Å². The Balaban J connectivity index is 2.45. The molecule has 0 saturated carbocycles. The highest BCUT2D eigenvalue weighted by molar-refractivity contribution is 4.97. The molecule has 3 atom stereocenters. The van der Waals surface area contributed by atoms with Crippen LogP contribution in [0.25, 0.3) is 0 Å². The summed E-state index contributed by atoms with van der Waals surface area (Å²) in [7, 11) is 0. The first-order valence-corrected chi connectivity index (χ1v) is 5.25. The number of hydrogen-bond donors (Lipinski definition) is 2. The molecule has 100 valence electrons. The average Bonchev–Trinajstić information content (AvgIpc) is 2.50. The molecule has 18 heavy (non-hydrogen) atoms. The summed E-state index contributed by atoms with van der Waals surface area (Å²) >= 11 is 0. The number of aliphatic hydroxyl groups is 1. The third-order valence-electron chi connectivity index (χ3n) is 2.79. The number of alkyl halides is 2. The first kappa shape index (κ1) is 12.9. The molecule has 6 nitrogen and oxygen atoms in total. The van der Waals surface area contributed by atoms with Gasteiger partial charge >= 0.3 is 5.69 Å². The number of aromatic nitrogens is 2. The van der Waals surface area contributed by atoms with E-state index in [0.717, 1.165) is 23.8 Å². The van der Waals surface area contributed by atoms with Crippen LogP contribution in [0.2, 0.25) is 0 Å². The molecule has 0 radical (unpaired) electrons. The minimum atomic E-state index is -2.54. The van der Waals surface area contributed by atoms with Gasteiger partial charge in [-0.25, -0.2) is 13.6 Å². The second-order valence-corrected chi connectivity index (χ2v) is 4.48. The number of rotatable bonds is 2. The molecule has 0 spiro atoms. The lowest BCUT2D eigenvalue weighted by Gasteiger charge is -2.22. The third kappa shape index (κ3) is 2.08. The summed E-state index contributed by atoms with van der Waals surface area (Å²) < 4.78 is 33.5. The van der Waals surface area contributed by atoms with Crippen molar-refractivity contribution in [2.75, 3.05) is 6.61 Å². The van der Waals surface area contributed by atoms with Gasteiger partial charge in [-0.2, -0.15) is 0 Å². The first-order chi connectivity index (χ1) is 8.27. The smallest absolute Gasteiger partial charge is 0.330 e. The van der Waals surface area contributed by atoms with Crippen LogP contribution in [0.4, 0.5) is 8.78 Å². The van der Waals surface area contributed by atoms with E-state index in [-0.39, 0.29) is 0 Å². The number of hydrogen-bond acceptors (Lipinski definition) is 4. The number of H-pyrrole nitrogens is 1. The molecule has 1 aromatic rings. The lowest BCUT2D eigenvalue weighted by molar-refractivity contribution is -0.182. The largest absolute Gasteiger partial charge is 0.390 e. The lowest BCUT2D eigenvalue weighted by atomic mass is 10.0. The van der Waals surface area contributed by atoms with E-state index in [1.807, 2.05) is 4.98 Å². The van der Waals surface area contributed by atoms with Gasteiger partial charge < -0.3 is 9.84 Å². The van der Waals surface area contributed by atoms with Crippen LogP contribution >= 0.6 is 0 Å². The minimum Gasteiger partial charge on any atom is -0.390 e. The molecule has 1 aromatic heterocycles. The zero-order valence-electron chi connectivity index (χ0n) is 9.52. The van der Waals surface area contributed by atoms with Gasteiger partial charge in [0.05, 0.1) is 0 Å². The normalized spacial score (nSPS) is 35.9. The van der Waals surface area contributed by atoms with Crippen molar-refractivity contribution < 1.29 is 18.6 Å². The highest BCUT2D eigenvalue weighted by Crippen LogP contribution is 2.46. The van der Waals surface area contributed by atoms with E-state index in [1.165, 1.54) is 0 Å². The molecule has 2 rings (SSSR count). The monoisotopic (exact) mass is 262 g/mol. The second kappa shape index (κ2) is 3.99. The number of halogens is 2. The molecule has 8 heteroatoms. The topological polar surface area (TPSA) is 84.3 Å². The van der Waals surface area contributed by atoms with Crippen LogP contribution in [0.3, 0.4) is 0 Å². The maximum Gasteiger partial charge on any atom is 0.330 e. The molecule has 1 saturated heterocycles. The van der Waals surface area contributed by atoms with Gasteiger partial charge in [0, 0.05) is 18.7 Å². The van der Waals surface area contributed by atoms with E-state index >= 15 is 0 Å². The molecule has 2 heterocycles. The number of aliphatic hydroxyl groups excluding tert-OH is 1. The Labute approximate surface area is 99.8 Å². The Bertz CT molecular complexity index is 567. The molecule has 1 fully saturated rings. The number of aromatic amines is 1. The fourth-order valence-corrected chi connectivity index (χ4v) is 2.02. The van der Waals surface area contributed by atoms with Gasteiger partial charge in [0.15, 0.2) is 11.9 Å². The molecule has 1 aliphatic heterocycles. The summed E-state index contributed by atoms with van der Waals surface area (Å²) in [5.74, 6) is -2.54. The van der Waals surface area contributed by atoms with Gasteiger partial charge in [-0.1, -0.05) is 0 Å². The molecule has 0 aromatic carbocycles. The summed E-state index contributed by atoms with van der Waals surface area (Å²) in [6, 6.07) is 0.998. The van der Waals surface area contributed by atoms with Crippen LogP contribution < -0.4 is 11.2 Å². The Morgan fingerprint density at radius 1 is 1.61 bits per heavy atom. The van der Waals surface area contributed by atoms with Crippen molar-refractivity contribution in [2.24, 2.45) is 0 Å². The van der Waals surface area contributed by atoms with E-state index in [9.17, 15) is 18.4 Å². The summed E-state index contributed by atoms with van der Waals surface area (Å²) in [6.07, 6.45) is -1.22. The van der Waals surface area contributed by atoms with Crippen molar-refractivity contribution in [1.29, 1.82) is 0 Å². The quantitative estimate of drug-likeness (QED) is 0.775. The van der Waals surface area contributed by atoms with E-state index in [4.69, 9.17) is 9.84 Å². The molecule has 0 bridgehead atoms. The molecule has 0 aliphatic carbocycles. The van der Waals surface area contributed by atoms with Gasteiger partial charge in [-0.05, 0) is 6.92 Å². The van der Waals surface area contributed by atoms with Gasteiger partial charge in [0.25, 0.3) is 5.56 Å². The molecular formula is C10H12F2N2O4. The molecular weight excluding hydrogens is 250 g/mol. The molecule has 2 N–H and O–H groups in total. The maximum atomic E-state index is 14.2.